The van der Waals surface area contributed by atoms with Crippen LogP contribution < -0.4 is 0 Å². The Morgan fingerprint density at radius 2 is 1.80 bits per heavy atom. The van der Waals surface area contributed by atoms with Crippen LogP contribution in [0.4, 0.5) is 0 Å². The van der Waals surface area contributed by atoms with Crippen molar-refractivity contribution in [3.63, 3.8) is 0 Å². The molecule has 0 rings (SSSR count). The minimum atomic E-state index is -0.290. The van der Waals surface area contributed by atoms with E-state index < -0.39 is 0 Å². The first-order valence-electron chi connectivity index (χ1n) is 6.40. The number of aliphatic hydroxyl groups excluding tert-OH is 1. The molecular formula is C13H28O2. The summed E-state index contributed by atoms with van der Waals surface area (Å²) in [6.45, 7) is 6.48. The smallest absolute Gasteiger partial charge is 0.0827 e. The van der Waals surface area contributed by atoms with Gasteiger partial charge in [-0.25, -0.2) is 0 Å². The summed E-state index contributed by atoms with van der Waals surface area (Å²) in [5, 5.41) is 9.98. The molecule has 2 heteroatoms. The molecule has 3 unspecified atom stereocenters. The van der Waals surface area contributed by atoms with E-state index in [0.29, 0.717) is 5.92 Å². The van der Waals surface area contributed by atoms with Crippen LogP contribution in [-0.2, 0) is 4.74 Å². The third-order valence-electron chi connectivity index (χ3n) is 3.25. The Labute approximate surface area is 95.0 Å². The molecule has 0 saturated heterocycles. The number of aliphatic hydroxyl groups is 1. The molecule has 0 aliphatic carbocycles. The van der Waals surface area contributed by atoms with Gasteiger partial charge in [-0.3, -0.25) is 0 Å². The summed E-state index contributed by atoms with van der Waals surface area (Å²) >= 11 is 0. The molecule has 0 spiro atoms. The number of hydrogen-bond donors (Lipinski definition) is 1. The van der Waals surface area contributed by atoms with Crippen molar-refractivity contribution >= 4 is 0 Å². The Kier molecular flexibility index (Phi) is 9.12. The second kappa shape index (κ2) is 9.17. The molecule has 0 aromatic carbocycles. The standard InChI is InChI=1S/C13H28O2/c1-5-8-9-11(6-2)10-12(14)13(7-3)15-4/h11-14H,5-10H2,1-4H3. The highest BCUT2D eigenvalue weighted by Gasteiger charge is 2.20. The van der Waals surface area contributed by atoms with E-state index in [1.165, 1.54) is 19.3 Å². The lowest BCUT2D eigenvalue weighted by molar-refractivity contribution is -0.0254. The molecule has 0 amide bonds. The van der Waals surface area contributed by atoms with Crippen LogP contribution in [0.1, 0.15) is 59.3 Å². The lowest BCUT2D eigenvalue weighted by Crippen LogP contribution is -2.29. The Morgan fingerprint density at radius 1 is 1.13 bits per heavy atom. The number of methoxy groups -OCH3 is 1. The first-order valence-corrected chi connectivity index (χ1v) is 6.40. The van der Waals surface area contributed by atoms with Gasteiger partial charge in [0.2, 0.25) is 0 Å². The lowest BCUT2D eigenvalue weighted by atomic mass is 9.91. The van der Waals surface area contributed by atoms with Gasteiger partial charge in [-0.1, -0.05) is 46.5 Å². The molecule has 0 fully saturated rings. The highest BCUT2D eigenvalue weighted by atomic mass is 16.5. The van der Waals surface area contributed by atoms with E-state index in [0.717, 1.165) is 19.3 Å². The molecular weight excluding hydrogens is 188 g/mol. The van der Waals surface area contributed by atoms with Crippen molar-refractivity contribution in [2.24, 2.45) is 5.92 Å². The van der Waals surface area contributed by atoms with Crippen LogP contribution in [0, 0.1) is 5.92 Å². The maximum absolute atomic E-state index is 9.98. The number of unbranched alkanes of at least 4 members (excludes halogenated alkanes) is 1. The van der Waals surface area contributed by atoms with E-state index in [2.05, 4.69) is 20.8 Å². The molecule has 0 bridgehead atoms. The van der Waals surface area contributed by atoms with Crippen molar-refractivity contribution in [2.45, 2.75) is 71.5 Å². The summed E-state index contributed by atoms with van der Waals surface area (Å²) in [5.74, 6) is 0.657. The fourth-order valence-corrected chi connectivity index (χ4v) is 2.07. The van der Waals surface area contributed by atoms with E-state index in [9.17, 15) is 5.11 Å². The summed E-state index contributed by atoms with van der Waals surface area (Å²) in [6, 6.07) is 0. The monoisotopic (exact) mass is 216 g/mol. The predicted molar refractivity (Wildman–Crippen MR) is 65.0 cm³/mol. The molecule has 0 heterocycles. The van der Waals surface area contributed by atoms with Gasteiger partial charge in [0.05, 0.1) is 12.2 Å². The van der Waals surface area contributed by atoms with Gasteiger partial charge in [0.15, 0.2) is 0 Å². The van der Waals surface area contributed by atoms with Gasteiger partial charge in [-0.15, -0.1) is 0 Å². The number of rotatable bonds is 9. The molecule has 0 aromatic rings. The van der Waals surface area contributed by atoms with Gasteiger partial charge in [0, 0.05) is 7.11 Å². The minimum absolute atomic E-state index is 0.0145. The molecule has 15 heavy (non-hydrogen) atoms. The maximum atomic E-state index is 9.98. The number of hydrogen-bond acceptors (Lipinski definition) is 2. The maximum Gasteiger partial charge on any atom is 0.0827 e. The van der Waals surface area contributed by atoms with Crippen LogP contribution in [0.5, 0.6) is 0 Å². The van der Waals surface area contributed by atoms with Crippen molar-refractivity contribution in [1.82, 2.24) is 0 Å². The van der Waals surface area contributed by atoms with Crippen molar-refractivity contribution in [1.29, 1.82) is 0 Å². The van der Waals surface area contributed by atoms with Gasteiger partial charge < -0.3 is 9.84 Å². The van der Waals surface area contributed by atoms with Crippen molar-refractivity contribution in [2.75, 3.05) is 7.11 Å². The molecule has 3 atom stereocenters. The molecule has 2 nitrogen and oxygen atoms in total. The van der Waals surface area contributed by atoms with Crippen LogP contribution in [0.3, 0.4) is 0 Å². The topological polar surface area (TPSA) is 29.5 Å². The van der Waals surface area contributed by atoms with Gasteiger partial charge in [-0.2, -0.15) is 0 Å². The normalized spacial score (nSPS) is 17.4. The van der Waals surface area contributed by atoms with Crippen LogP contribution in [0.15, 0.2) is 0 Å². The van der Waals surface area contributed by atoms with Crippen molar-refractivity contribution in [3.8, 4) is 0 Å². The van der Waals surface area contributed by atoms with Gasteiger partial charge in [-0.05, 0) is 18.8 Å². The molecule has 0 radical (unpaired) electrons. The third-order valence-corrected chi connectivity index (χ3v) is 3.25. The second-order valence-corrected chi connectivity index (χ2v) is 4.40. The summed E-state index contributed by atoms with van der Waals surface area (Å²) in [6.07, 6.45) is 6.43. The molecule has 92 valence electrons. The molecule has 0 aliphatic rings. The summed E-state index contributed by atoms with van der Waals surface area (Å²) in [4.78, 5) is 0. The SMILES string of the molecule is CCCCC(CC)CC(O)C(CC)OC. The Morgan fingerprint density at radius 3 is 2.20 bits per heavy atom. The summed E-state index contributed by atoms with van der Waals surface area (Å²) in [5.41, 5.74) is 0. The highest BCUT2D eigenvalue weighted by molar-refractivity contribution is 4.71. The first kappa shape index (κ1) is 14.9. The average molecular weight is 216 g/mol. The van der Waals surface area contributed by atoms with Crippen molar-refractivity contribution in [3.05, 3.63) is 0 Å². The molecule has 0 aromatic heterocycles. The Balaban J connectivity index is 3.92. The second-order valence-electron chi connectivity index (χ2n) is 4.40. The third kappa shape index (κ3) is 6.16. The van der Waals surface area contributed by atoms with Crippen molar-refractivity contribution < 1.29 is 9.84 Å². The van der Waals surface area contributed by atoms with E-state index in [1.54, 1.807) is 7.11 Å². The first-order chi connectivity index (χ1) is 7.19. The zero-order valence-electron chi connectivity index (χ0n) is 10.8. The van der Waals surface area contributed by atoms with Crippen LogP contribution in [0.2, 0.25) is 0 Å². The fraction of sp³-hybridized carbons (Fsp3) is 1.00. The predicted octanol–water partition coefficient (Wildman–Crippen LogP) is 3.38. The zero-order valence-corrected chi connectivity index (χ0v) is 10.8. The summed E-state index contributed by atoms with van der Waals surface area (Å²) < 4.78 is 5.26. The van der Waals surface area contributed by atoms with E-state index >= 15 is 0 Å². The quantitative estimate of drug-likeness (QED) is 0.640. The number of ether oxygens (including phenoxy) is 1. The molecule has 0 aliphatic heterocycles. The van der Waals surface area contributed by atoms with Crippen LogP contribution in [0.25, 0.3) is 0 Å². The Bertz CT molecular complexity index is 132. The Hall–Kier alpha value is -0.0800. The van der Waals surface area contributed by atoms with Crippen LogP contribution >= 0.6 is 0 Å². The molecule has 0 saturated carbocycles. The van der Waals surface area contributed by atoms with Crippen LogP contribution in [-0.4, -0.2) is 24.4 Å². The van der Waals surface area contributed by atoms with Gasteiger partial charge in [0.25, 0.3) is 0 Å². The van der Waals surface area contributed by atoms with Gasteiger partial charge in [0.1, 0.15) is 0 Å². The highest BCUT2D eigenvalue weighted by Crippen LogP contribution is 2.21. The van der Waals surface area contributed by atoms with E-state index in [4.69, 9.17) is 4.74 Å². The minimum Gasteiger partial charge on any atom is -0.390 e. The van der Waals surface area contributed by atoms with E-state index in [1.807, 2.05) is 0 Å². The summed E-state index contributed by atoms with van der Waals surface area (Å²) in [7, 11) is 1.68. The fourth-order valence-electron chi connectivity index (χ4n) is 2.07. The van der Waals surface area contributed by atoms with Gasteiger partial charge >= 0.3 is 0 Å². The average Bonchev–Trinajstić information content (AvgIpc) is 2.25. The van der Waals surface area contributed by atoms with E-state index in [-0.39, 0.29) is 12.2 Å². The zero-order chi connectivity index (χ0) is 11.7. The lowest BCUT2D eigenvalue weighted by Gasteiger charge is -2.24. The largest absolute Gasteiger partial charge is 0.390 e. The molecule has 1 N–H and O–H groups in total.